The van der Waals surface area contributed by atoms with Crippen molar-refractivity contribution in [2.24, 2.45) is 0 Å². The number of aromatic nitrogens is 1. The summed E-state index contributed by atoms with van der Waals surface area (Å²) in [6.07, 6.45) is 0. The van der Waals surface area contributed by atoms with Crippen LogP contribution in [0.1, 0.15) is 5.01 Å². The molecule has 0 fully saturated rings. The zero-order valence-electron chi connectivity index (χ0n) is 11.8. The first-order valence-corrected chi connectivity index (χ1v) is 8.87. The smallest absolute Gasteiger partial charge is 0.244 e. The predicted molar refractivity (Wildman–Crippen MR) is 86.6 cm³/mol. The van der Waals surface area contributed by atoms with Crippen LogP contribution in [0, 0.1) is 0 Å². The summed E-state index contributed by atoms with van der Waals surface area (Å²) >= 11 is 1.47. The van der Waals surface area contributed by atoms with Crippen LogP contribution in [0.25, 0.3) is 10.2 Å². The van der Waals surface area contributed by atoms with E-state index in [1.807, 2.05) is 24.3 Å². The standard InChI is InChI=1S/C15H14N2O3S2/c1-20-12-7-3-5-9-14(12)22(18,19)16-10-15-17-11-6-2-4-8-13(11)21-15/h2-9,16H,10H2,1H3. The van der Waals surface area contributed by atoms with Gasteiger partial charge in [-0.1, -0.05) is 24.3 Å². The van der Waals surface area contributed by atoms with E-state index in [-0.39, 0.29) is 11.4 Å². The number of rotatable bonds is 5. The number of hydrogen-bond acceptors (Lipinski definition) is 5. The number of benzene rings is 2. The highest BCUT2D eigenvalue weighted by molar-refractivity contribution is 7.89. The molecular formula is C15H14N2O3S2. The third-order valence-electron chi connectivity index (χ3n) is 3.11. The summed E-state index contributed by atoms with van der Waals surface area (Å²) in [6, 6.07) is 14.2. The number of thiazole rings is 1. The van der Waals surface area contributed by atoms with Crippen molar-refractivity contribution in [1.82, 2.24) is 9.71 Å². The van der Waals surface area contributed by atoms with Crippen LogP contribution in [-0.2, 0) is 16.6 Å². The first-order valence-electron chi connectivity index (χ1n) is 6.57. The van der Waals surface area contributed by atoms with Gasteiger partial charge in [-0.3, -0.25) is 0 Å². The summed E-state index contributed by atoms with van der Waals surface area (Å²) in [5, 5.41) is 0.722. The molecule has 0 unspecified atom stereocenters. The summed E-state index contributed by atoms with van der Waals surface area (Å²) in [6.45, 7) is 0.153. The number of para-hydroxylation sites is 2. The molecule has 1 aromatic heterocycles. The Morgan fingerprint density at radius 3 is 2.64 bits per heavy atom. The highest BCUT2D eigenvalue weighted by Crippen LogP contribution is 2.24. The molecular weight excluding hydrogens is 320 g/mol. The largest absolute Gasteiger partial charge is 0.495 e. The molecule has 0 radical (unpaired) electrons. The summed E-state index contributed by atoms with van der Waals surface area (Å²) in [4.78, 5) is 4.54. The van der Waals surface area contributed by atoms with Crippen molar-refractivity contribution in [3.8, 4) is 5.75 Å². The van der Waals surface area contributed by atoms with E-state index in [1.54, 1.807) is 18.2 Å². The van der Waals surface area contributed by atoms with Gasteiger partial charge in [-0.25, -0.2) is 18.1 Å². The van der Waals surface area contributed by atoms with Crippen LogP contribution in [0.4, 0.5) is 0 Å². The molecule has 0 aliphatic heterocycles. The summed E-state index contributed by atoms with van der Waals surface area (Å²) < 4.78 is 33.5. The van der Waals surface area contributed by atoms with Crippen molar-refractivity contribution in [2.45, 2.75) is 11.4 Å². The van der Waals surface area contributed by atoms with Gasteiger partial charge in [-0.2, -0.15) is 0 Å². The fraction of sp³-hybridized carbons (Fsp3) is 0.133. The minimum atomic E-state index is -3.65. The van der Waals surface area contributed by atoms with Gasteiger partial charge in [0.1, 0.15) is 15.7 Å². The molecule has 0 aliphatic carbocycles. The summed E-state index contributed by atoms with van der Waals surface area (Å²) in [5.41, 5.74) is 0.874. The molecule has 1 heterocycles. The van der Waals surface area contributed by atoms with E-state index < -0.39 is 10.0 Å². The SMILES string of the molecule is COc1ccccc1S(=O)(=O)NCc1nc2ccccc2s1. The van der Waals surface area contributed by atoms with E-state index in [0.29, 0.717) is 5.75 Å². The van der Waals surface area contributed by atoms with Crippen LogP contribution in [0.2, 0.25) is 0 Å². The Morgan fingerprint density at radius 1 is 1.14 bits per heavy atom. The molecule has 0 spiro atoms. The Balaban J connectivity index is 1.82. The van der Waals surface area contributed by atoms with Crippen molar-refractivity contribution in [2.75, 3.05) is 7.11 Å². The topological polar surface area (TPSA) is 68.3 Å². The van der Waals surface area contributed by atoms with E-state index in [2.05, 4.69) is 9.71 Å². The average molecular weight is 334 g/mol. The fourth-order valence-corrected chi connectivity index (χ4v) is 4.23. The highest BCUT2D eigenvalue weighted by Gasteiger charge is 2.19. The molecule has 3 aromatic rings. The number of nitrogens with zero attached hydrogens (tertiary/aromatic N) is 1. The van der Waals surface area contributed by atoms with Crippen molar-refractivity contribution < 1.29 is 13.2 Å². The number of hydrogen-bond donors (Lipinski definition) is 1. The van der Waals surface area contributed by atoms with Crippen LogP contribution in [-0.4, -0.2) is 20.5 Å². The Labute approximate surface area is 132 Å². The van der Waals surface area contributed by atoms with Gasteiger partial charge in [-0.15, -0.1) is 11.3 Å². The Morgan fingerprint density at radius 2 is 1.86 bits per heavy atom. The Bertz CT molecular complexity index is 871. The zero-order chi connectivity index (χ0) is 15.6. The second-order valence-electron chi connectivity index (χ2n) is 4.55. The molecule has 0 atom stereocenters. The molecule has 1 N–H and O–H groups in total. The molecule has 0 saturated carbocycles. The Hall–Kier alpha value is -1.96. The Kier molecular flexibility index (Phi) is 4.10. The minimum Gasteiger partial charge on any atom is -0.495 e. The average Bonchev–Trinajstić information content (AvgIpc) is 2.96. The first-order chi connectivity index (χ1) is 10.6. The normalized spacial score (nSPS) is 11.7. The van der Waals surface area contributed by atoms with Gasteiger partial charge in [0, 0.05) is 0 Å². The van der Waals surface area contributed by atoms with Gasteiger partial charge in [-0.05, 0) is 24.3 Å². The lowest BCUT2D eigenvalue weighted by Crippen LogP contribution is -2.23. The second-order valence-corrected chi connectivity index (χ2v) is 7.40. The lowest BCUT2D eigenvalue weighted by Gasteiger charge is -2.09. The zero-order valence-corrected chi connectivity index (χ0v) is 13.4. The van der Waals surface area contributed by atoms with E-state index in [4.69, 9.17) is 4.74 Å². The summed E-state index contributed by atoms with van der Waals surface area (Å²) in [7, 11) is -2.20. The lowest BCUT2D eigenvalue weighted by atomic mass is 10.3. The van der Waals surface area contributed by atoms with E-state index in [1.165, 1.54) is 24.5 Å². The third kappa shape index (κ3) is 2.96. The monoisotopic (exact) mass is 334 g/mol. The van der Waals surface area contributed by atoms with Gasteiger partial charge in [0.2, 0.25) is 10.0 Å². The molecule has 7 heteroatoms. The van der Waals surface area contributed by atoms with Crippen molar-refractivity contribution in [3.05, 3.63) is 53.5 Å². The van der Waals surface area contributed by atoms with Crippen LogP contribution in [0.15, 0.2) is 53.4 Å². The number of fused-ring (bicyclic) bond motifs is 1. The van der Waals surface area contributed by atoms with Gasteiger partial charge in [0.25, 0.3) is 0 Å². The number of sulfonamides is 1. The molecule has 0 aliphatic rings. The lowest BCUT2D eigenvalue weighted by molar-refractivity contribution is 0.402. The molecule has 0 bridgehead atoms. The van der Waals surface area contributed by atoms with Gasteiger partial charge < -0.3 is 4.74 Å². The number of methoxy groups -OCH3 is 1. The molecule has 2 aromatic carbocycles. The minimum absolute atomic E-state index is 0.124. The van der Waals surface area contributed by atoms with Crippen LogP contribution in [0.3, 0.4) is 0 Å². The number of ether oxygens (including phenoxy) is 1. The molecule has 5 nitrogen and oxygen atoms in total. The van der Waals surface area contributed by atoms with Crippen LogP contribution < -0.4 is 9.46 Å². The van der Waals surface area contributed by atoms with E-state index in [9.17, 15) is 8.42 Å². The second kappa shape index (κ2) is 6.04. The van der Waals surface area contributed by atoms with Gasteiger partial charge in [0.05, 0.1) is 23.9 Å². The molecule has 0 amide bonds. The fourth-order valence-electron chi connectivity index (χ4n) is 2.07. The molecule has 114 valence electrons. The molecule has 3 rings (SSSR count). The molecule has 0 saturated heterocycles. The van der Waals surface area contributed by atoms with Crippen molar-refractivity contribution in [3.63, 3.8) is 0 Å². The maximum Gasteiger partial charge on any atom is 0.244 e. The molecule has 22 heavy (non-hydrogen) atoms. The predicted octanol–water partition coefficient (Wildman–Crippen LogP) is 2.78. The van der Waals surface area contributed by atoms with Crippen molar-refractivity contribution >= 4 is 31.6 Å². The summed E-state index contributed by atoms with van der Waals surface area (Å²) in [5.74, 6) is 0.319. The first kappa shape index (κ1) is 15.0. The van der Waals surface area contributed by atoms with Crippen molar-refractivity contribution in [1.29, 1.82) is 0 Å². The number of nitrogens with one attached hydrogen (secondary N) is 1. The van der Waals surface area contributed by atoms with Crippen LogP contribution in [0.5, 0.6) is 5.75 Å². The van der Waals surface area contributed by atoms with Gasteiger partial charge in [0.15, 0.2) is 0 Å². The quantitative estimate of drug-likeness (QED) is 0.779. The van der Waals surface area contributed by atoms with Crippen LogP contribution >= 0.6 is 11.3 Å². The highest BCUT2D eigenvalue weighted by atomic mass is 32.2. The van der Waals surface area contributed by atoms with E-state index in [0.717, 1.165) is 15.2 Å². The maximum absolute atomic E-state index is 12.4. The maximum atomic E-state index is 12.4. The van der Waals surface area contributed by atoms with Gasteiger partial charge >= 0.3 is 0 Å². The van der Waals surface area contributed by atoms with E-state index >= 15 is 0 Å². The third-order valence-corrected chi connectivity index (χ3v) is 5.59.